The summed E-state index contributed by atoms with van der Waals surface area (Å²) in [4.78, 5) is 22.8. The summed E-state index contributed by atoms with van der Waals surface area (Å²) in [5.74, 6) is -0.388. The molecule has 0 aliphatic rings. The molecule has 7 heteroatoms. The van der Waals surface area contributed by atoms with E-state index in [9.17, 15) is 9.59 Å². The van der Waals surface area contributed by atoms with E-state index < -0.39 is 17.5 Å². The maximum absolute atomic E-state index is 12.2. The van der Waals surface area contributed by atoms with Crippen LogP contribution in [0.3, 0.4) is 0 Å². The standard InChI is InChI=1S/C16H24N4O3/c1-15(2,3)20-10-11(9-17)8-12(20)18-14(23)19-16(4,5)7-6-13(21)22/h8,10H,6-7H2,1-5H3,(H,21,22)(H2,18,19,23). The first-order valence-corrected chi connectivity index (χ1v) is 7.38. The lowest BCUT2D eigenvalue weighted by Crippen LogP contribution is -2.46. The molecule has 0 saturated heterocycles. The van der Waals surface area contributed by atoms with Crippen LogP contribution >= 0.6 is 0 Å². The average molecular weight is 320 g/mol. The van der Waals surface area contributed by atoms with E-state index in [4.69, 9.17) is 10.4 Å². The second-order valence-corrected chi connectivity index (χ2v) is 7.12. The Balaban J connectivity index is 2.84. The number of carboxylic acid groups (broad SMARTS) is 1. The topological polar surface area (TPSA) is 107 Å². The zero-order valence-electron chi connectivity index (χ0n) is 14.2. The first-order valence-electron chi connectivity index (χ1n) is 7.38. The molecule has 2 amide bonds. The number of anilines is 1. The van der Waals surface area contributed by atoms with E-state index in [1.165, 1.54) is 0 Å². The van der Waals surface area contributed by atoms with Crippen LogP contribution in [0, 0.1) is 11.3 Å². The van der Waals surface area contributed by atoms with Gasteiger partial charge in [-0.05, 0) is 47.1 Å². The average Bonchev–Trinajstić information content (AvgIpc) is 2.78. The Morgan fingerprint density at radius 2 is 1.91 bits per heavy atom. The zero-order chi connectivity index (χ0) is 17.8. The highest BCUT2D eigenvalue weighted by molar-refractivity contribution is 5.89. The van der Waals surface area contributed by atoms with Gasteiger partial charge < -0.3 is 15.0 Å². The van der Waals surface area contributed by atoms with Crippen molar-refractivity contribution in [2.75, 3.05) is 5.32 Å². The van der Waals surface area contributed by atoms with Gasteiger partial charge in [0.25, 0.3) is 0 Å². The van der Waals surface area contributed by atoms with Gasteiger partial charge in [0.15, 0.2) is 0 Å². The van der Waals surface area contributed by atoms with E-state index in [0.29, 0.717) is 17.8 Å². The third kappa shape index (κ3) is 5.66. The van der Waals surface area contributed by atoms with Crippen LogP contribution in [0.2, 0.25) is 0 Å². The Morgan fingerprint density at radius 3 is 2.39 bits per heavy atom. The molecule has 23 heavy (non-hydrogen) atoms. The number of amides is 2. The van der Waals surface area contributed by atoms with Crippen molar-refractivity contribution in [3.63, 3.8) is 0 Å². The van der Waals surface area contributed by atoms with Gasteiger partial charge in [-0.2, -0.15) is 5.26 Å². The largest absolute Gasteiger partial charge is 0.481 e. The fraction of sp³-hybridized carbons (Fsp3) is 0.562. The number of aromatic nitrogens is 1. The number of hydrogen-bond donors (Lipinski definition) is 3. The number of hydrogen-bond acceptors (Lipinski definition) is 3. The van der Waals surface area contributed by atoms with E-state index in [0.717, 1.165) is 0 Å². The lowest BCUT2D eigenvalue weighted by Gasteiger charge is -2.27. The van der Waals surface area contributed by atoms with Gasteiger partial charge in [0.2, 0.25) is 0 Å². The Labute approximate surface area is 136 Å². The summed E-state index contributed by atoms with van der Waals surface area (Å²) < 4.78 is 1.81. The minimum atomic E-state index is -0.902. The van der Waals surface area contributed by atoms with Crippen LogP contribution in [-0.4, -0.2) is 27.2 Å². The van der Waals surface area contributed by atoms with Crippen LogP contribution in [0.15, 0.2) is 12.3 Å². The van der Waals surface area contributed by atoms with Crippen molar-refractivity contribution < 1.29 is 14.7 Å². The number of carbonyl (C=O) groups excluding carboxylic acids is 1. The fourth-order valence-corrected chi connectivity index (χ4v) is 2.11. The summed E-state index contributed by atoms with van der Waals surface area (Å²) in [6, 6.07) is 3.23. The van der Waals surface area contributed by atoms with E-state index in [2.05, 4.69) is 16.7 Å². The molecule has 0 bridgehead atoms. The maximum atomic E-state index is 12.2. The van der Waals surface area contributed by atoms with Crippen LogP contribution in [0.1, 0.15) is 53.0 Å². The number of urea groups is 1. The van der Waals surface area contributed by atoms with E-state index >= 15 is 0 Å². The molecule has 0 spiro atoms. The van der Waals surface area contributed by atoms with Crippen molar-refractivity contribution in [2.45, 2.75) is 58.5 Å². The number of nitrogens with one attached hydrogen (secondary N) is 2. The SMILES string of the molecule is CC(C)(CCC(=O)O)NC(=O)Nc1cc(C#N)cn1C(C)(C)C. The number of carboxylic acids is 1. The monoisotopic (exact) mass is 320 g/mol. The van der Waals surface area contributed by atoms with Crippen molar-refractivity contribution in [2.24, 2.45) is 0 Å². The molecule has 126 valence electrons. The lowest BCUT2D eigenvalue weighted by atomic mass is 9.99. The molecule has 1 heterocycles. The van der Waals surface area contributed by atoms with Gasteiger partial charge in [0.05, 0.1) is 5.56 Å². The maximum Gasteiger partial charge on any atom is 0.320 e. The number of nitriles is 1. The molecule has 7 nitrogen and oxygen atoms in total. The highest BCUT2D eigenvalue weighted by atomic mass is 16.4. The molecular formula is C16H24N4O3. The predicted octanol–water partition coefficient (Wildman–Crippen LogP) is 2.88. The minimum absolute atomic E-state index is 0.0236. The van der Waals surface area contributed by atoms with Crippen molar-refractivity contribution in [1.29, 1.82) is 5.26 Å². The second-order valence-electron chi connectivity index (χ2n) is 7.12. The normalized spacial score (nSPS) is 11.7. The highest BCUT2D eigenvalue weighted by Crippen LogP contribution is 2.24. The molecule has 1 aromatic rings. The van der Waals surface area contributed by atoms with Gasteiger partial charge in [-0.15, -0.1) is 0 Å². The predicted molar refractivity (Wildman–Crippen MR) is 87.2 cm³/mol. The third-order valence-electron chi connectivity index (χ3n) is 3.33. The summed E-state index contributed by atoms with van der Waals surface area (Å²) in [5.41, 5.74) is -0.490. The fourth-order valence-electron chi connectivity index (χ4n) is 2.11. The van der Waals surface area contributed by atoms with Gasteiger partial charge in [0, 0.05) is 23.7 Å². The van der Waals surface area contributed by atoms with Crippen LogP contribution in [-0.2, 0) is 10.3 Å². The van der Waals surface area contributed by atoms with Crippen molar-refractivity contribution >= 4 is 17.8 Å². The summed E-state index contributed by atoms with van der Waals surface area (Å²) in [6.45, 7) is 9.42. The number of rotatable bonds is 5. The molecule has 0 aromatic carbocycles. The minimum Gasteiger partial charge on any atom is -0.481 e. The van der Waals surface area contributed by atoms with Crippen molar-refractivity contribution in [3.8, 4) is 6.07 Å². The van der Waals surface area contributed by atoms with Crippen molar-refractivity contribution in [3.05, 3.63) is 17.8 Å². The molecule has 0 radical (unpaired) electrons. The number of carbonyl (C=O) groups is 2. The third-order valence-corrected chi connectivity index (χ3v) is 3.33. The summed E-state index contributed by atoms with van der Waals surface area (Å²) in [7, 11) is 0. The quantitative estimate of drug-likeness (QED) is 0.775. The Kier molecular flexibility index (Phi) is 5.43. The first kappa shape index (κ1) is 18.6. The highest BCUT2D eigenvalue weighted by Gasteiger charge is 2.24. The molecule has 0 atom stereocenters. The lowest BCUT2D eigenvalue weighted by molar-refractivity contribution is -0.137. The molecule has 3 N–H and O–H groups in total. The molecule has 0 saturated carbocycles. The summed E-state index contributed by atoms with van der Waals surface area (Å²) in [6.07, 6.45) is 1.98. The van der Waals surface area contributed by atoms with Gasteiger partial charge in [-0.1, -0.05) is 0 Å². The van der Waals surface area contributed by atoms with Crippen LogP contribution in [0.25, 0.3) is 0 Å². The number of nitrogens with zero attached hydrogens (tertiary/aromatic N) is 2. The van der Waals surface area contributed by atoms with Gasteiger partial charge in [-0.25, -0.2) is 4.79 Å². The molecule has 1 aromatic heterocycles. The number of aliphatic carboxylic acids is 1. The Hall–Kier alpha value is -2.49. The van der Waals surface area contributed by atoms with E-state index in [1.54, 1.807) is 26.1 Å². The molecule has 0 aliphatic carbocycles. The Morgan fingerprint density at radius 1 is 1.30 bits per heavy atom. The molecular weight excluding hydrogens is 296 g/mol. The van der Waals surface area contributed by atoms with Crippen molar-refractivity contribution in [1.82, 2.24) is 9.88 Å². The summed E-state index contributed by atoms with van der Waals surface area (Å²) >= 11 is 0. The summed E-state index contributed by atoms with van der Waals surface area (Å²) in [5, 5.41) is 23.3. The van der Waals surface area contributed by atoms with E-state index in [-0.39, 0.29) is 12.0 Å². The van der Waals surface area contributed by atoms with E-state index in [1.807, 2.05) is 25.3 Å². The van der Waals surface area contributed by atoms with Crippen LogP contribution < -0.4 is 10.6 Å². The first-order chi connectivity index (χ1) is 10.4. The molecule has 0 fully saturated rings. The van der Waals surface area contributed by atoms with Gasteiger partial charge >= 0.3 is 12.0 Å². The van der Waals surface area contributed by atoms with Crippen LogP contribution in [0.4, 0.5) is 10.6 Å². The smallest absolute Gasteiger partial charge is 0.320 e. The molecule has 0 aliphatic heterocycles. The second kappa shape index (κ2) is 6.73. The van der Waals surface area contributed by atoms with Crippen LogP contribution in [0.5, 0.6) is 0 Å². The molecule has 1 rings (SSSR count). The van der Waals surface area contributed by atoms with Gasteiger partial charge in [-0.3, -0.25) is 10.1 Å². The molecule has 0 unspecified atom stereocenters. The zero-order valence-corrected chi connectivity index (χ0v) is 14.2. The Bertz CT molecular complexity index is 633. The van der Waals surface area contributed by atoms with Gasteiger partial charge in [0.1, 0.15) is 11.9 Å².